The molecule has 3 nitrogen and oxygen atoms in total. The molecular weight excluding hydrogens is 255 g/mol. The van der Waals surface area contributed by atoms with Gasteiger partial charge in [0.1, 0.15) is 16.5 Å². The minimum atomic E-state index is -3.75. The summed E-state index contributed by atoms with van der Waals surface area (Å²) in [6.45, 7) is 0. The summed E-state index contributed by atoms with van der Waals surface area (Å²) in [5.41, 5.74) is 0.415. The van der Waals surface area contributed by atoms with Crippen LogP contribution < -0.4 is 0 Å². The molecule has 2 rings (SSSR count). The lowest BCUT2D eigenvalue weighted by atomic mass is 10.2. The van der Waals surface area contributed by atoms with Gasteiger partial charge in [-0.2, -0.15) is 0 Å². The third-order valence-corrected chi connectivity index (χ3v) is 4.15. The molecule has 18 heavy (non-hydrogen) atoms. The van der Waals surface area contributed by atoms with Gasteiger partial charge in [0.2, 0.25) is 0 Å². The van der Waals surface area contributed by atoms with E-state index in [1.165, 1.54) is 30.3 Å². The van der Waals surface area contributed by atoms with Crippen molar-refractivity contribution in [2.45, 2.75) is 10.6 Å². The Kier molecular flexibility index (Phi) is 3.34. The molecule has 94 valence electrons. The van der Waals surface area contributed by atoms with Crippen molar-refractivity contribution in [1.29, 1.82) is 0 Å². The standard InChI is InChI=1S/C13H11FO3S/c14-12-6-1-2-7-13(12)18(16,17)9-10-4-3-5-11(15)8-10/h1-8,15H,9H2. The smallest absolute Gasteiger partial charge is 0.185 e. The van der Waals surface area contributed by atoms with Crippen molar-refractivity contribution in [2.24, 2.45) is 0 Å². The van der Waals surface area contributed by atoms with Gasteiger partial charge in [-0.25, -0.2) is 12.8 Å². The molecular formula is C13H11FO3S. The molecule has 0 bridgehead atoms. The summed E-state index contributed by atoms with van der Waals surface area (Å²) in [4.78, 5) is -0.326. The lowest BCUT2D eigenvalue weighted by Crippen LogP contribution is -2.07. The first-order valence-electron chi connectivity index (χ1n) is 5.24. The van der Waals surface area contributed by atoms with Gasteiger partial charge in [-0.05, 0) is 29.8 Å². The molecule has 0 heterocycles. The van der Waals surface area contributed by atoms with Gasteiger partial charge < -0.3 is 5.11 Å². The third-order valence-electron chi connectivity index (χ3n) is 2.44. The molecule has 0 spiro atoms. The lowest BCUT2D eigenvalue weighted by molar-refractivity contribution is 0.475. The zero-order chi connectivity index (χ0) is 13.2. The topological polar surface area (TPSA) is 54.4 Å². The van der Waals surface area contributed by atoms with Crippen molar-refractivity contribution >= 4 is 9.84 Å². The van der Waals surface area contributed by atoms with E-state index in [0.29, 0.717) is 5.56 Å². The molecule has 0 radical (unpaired) electrons. The summed E-state index contributed by atoms with van der Waals surface area (Å²) in [7, 11) is -3.75. The predicted octanol–water partition coefficient (Wildman–Crippen LogP) is 2.51. The molecule has 5 heteroatoms. The number of phenolic OH excluding ortho intramolecular Hbond substituents is 1. The Morgan fingerprint density at radius 2 is 1.78 bits per heavy atom. The second-order valence-electron chi connectivity index (χ2n) is 3.86. The van der Waals surface area contributed by atoms with Crippen LogP contribution in [-0.2, 0) is 15.6 Å². The summed E-state index contributed by atoms with van der Waals surface area (Å²) in [6.07, 6.45) is 0. The number of aromatic hydroxyl groups is 1. The van der Waals surface area contributed by atoms with E-state index in [1.54, 1.807) is 12.1 Å². The number of hydrogen-bond donors (Lipinski definition) is 1. The zero-order valence-corrected chi connectivity index (χ0v) is 10.2. The fourth-order valence-corrected chi connectivity index (χ4v) is 3.07. The summed E-state index contributed by atoms with van der Waals surface area (Å²) in [5, 5.41) is 9.27. The van der Waals surface area contributed by atoms with Crippen LogP contribution in [0.5, 0.6) is 5.75 Å². The maximum absolute atomic E-state index is 13.4. The van der Waals surface area contributed by atoms with E-state index in [4.69, 9.17) is 0 Å². The van der Waals surface area contributed by atoms with Crippen LogP contribution >= 0.6 is 0 Å². The quantitative estimate of drug-likeness (QED) is 0.928. The minimum absolute atomic E-state index is 0.0174. The van der Waals surface area contributed by atoms with E-state index < -0.39 is 15.7 Å². The first kappa shape index (κ1) is 12.6. The highest BCUT2D eigenvalue weighted by Crippen LogP contribution is 2.21. The normalized spacial score (nSPS) is 11.4. The molecule has 0 amide bonds. The molecule has 0 aliphatic rings. The van der Waals surface area contributed by atoms with Crippen molar-refractivity contribution in [3.8, 4) is 5.75 Å². The van der Waals surface area contributed by atoms with Crippen LogP contribution in [0.3, 0.4) is 0 Å². The van der Waals surface area contributed by atoms with E-state index >= 15 is 0 Å². The molecule has 2 aromatic carbocycles. The van der Waals surface area contributed by atoms with Crippen LogP contribution in [-0.4, -0.2) is 13.5 Å². The highest BCUT2D eigenvalue weighted by Gasteiger charge is 2.19. The minimum Gasteiger partial charge on any atom is -0.508 e. The largest absolute Gasteiger partial charge is 0.508 e. The van der Waals surface area contributed by atoms with Gasteiger partial charge in [0.25, 0.3) is 0 Å². The molecule has 0 saturated heterocycles. The fourth-order valence-electron chi connectivity index (χ4n) is 1.64. The number of sulfone groups is 1. The molecule has 0 aliphatic carbocycles. The summed E-state index contributed by atoms with van der Waals surface area (Å²) < 4.78 is 37.5. The van der Waals surface area contributed by atoms with Gasteiger partial charge in [-0.1, -0.05) is 24.3 Å². The molecule has 0 aliphatic heterocycles. The summed E-state index contributed by atoms with van der Waals surface area (Å²) in [6, 6.07) is 11.1. The van der Waals surface area contributed by atoms with Crippen LogP contribution in [0.4, 0.5) is 4.39 Å². The Balaban J connectivity index is 2.37. The van der Waals surface area contributed by atoms with E-state index in [1.807, 2.05) is 0 Å². The molecule has 1 N–H and O–H groups in total. The molecule has 0 saturated carbocycles. The second-order valence-corrected chi connectivity index (χ2v) is 5.82. The van der Waals surface area contributed by atoms with Gasteiger partial charge in [0.15, 0.2) is 9.84 Å². The first-order chi connectivity index (χ1) is 8.49. The van der Waals surface area contributed by atoms with Crippen LogP contribution in [0, 0.1) is 5.82 Å². The molecule has 0 fully saturated rings. The monoisotopic (exact) mass is 266 g/mol. The molecule has 0 unspecified atom stereocenters. The average molecular weight is 266 g/mol. The van der Waals surface area contributed by atoms with Crippen LogP contribution in [0.15, 0.2) is 53.4 Å². The van der Waals surface area contributed by atoms with E-state index in [-0.39, 0.29) is 16.4 Å². The summed E-state index contributed by atoms with van der Waals surface area (Å²) in [5.74, 6) is -1.13. The Morgan fingerprint density at radius 1 is 1.06 bits per heavy atom. The van der Waals surface area contributed by atoms with Crippen molar-refractivity contribution in [3.05, 3.63) is 59.9 Å². The third kappa shape index (κ3) is 2.68. The van der Waals surface area contributed by atoms with Gasteiger partial charge in [-0.3, -0.25) is 0 Å². The van der Waals surface area contributed by atoms with Crippen LogP contribution in [0.1, 0.15) is 5.56 Å². The molecule has 0 aromatic heterocycles. The highest BCUT2D eigenvalue weighted by atomic mass is 32.2. The lowest BCUT2D eigenvalue weighted by Gasteiger charge is -2.06. The first-order valence-corrected chi connectivity index (χ1v) is 6.89. The highest BCUT2D eigenvalue weighted by molar-refractivity contribution is 7.90. The Hall–Kier alpha value is -1.88. The number of halogens is 1. The van der Waals surface area contributed by atoms with Crippen molar-refractivity contribution in [3.63, 3.8) is 0 Å². The Morgan fingerprint density at radius 3 is 2.44 bits per heavy atom. The fraction of sp³-hybridized carbons (Fsp3) is 0.0769. The van der Waals surface area contributed by atoms with Gasteiger partial charge in [0.05, 0.1) is 5.75 Å². The van der Waals surface area contributed by atoms with E-state index in [2.05, 4.69) is 0 Å². The van der Waals surface area contributed by atoms with Gasteiger partial charge in [0, 0.05) is 0 Å². The van der Waals surface area contributed by atoms with Crippen molar-refractivity contribution in [2.75, 3.05) is 0 Å². The second kappa shape index (κ2) is 4.78. The van der Waals surface area contributed by atoms with Gasteiger partial charge in [-0.15, -0.1) is 0 Å². The number of hydrogen-bond acceptors (Lipinski definition) is 3. The van der Waals surface area contributed by atoms with Crippen molar-refractivity contribution in [1.82, 2.24) is 0 Å². The average Bonchev–Trinajstić information content (AvgIpc) is 2.28. The predicted molar refractivity (Wildman–Crippen MR) is 65.4 cm³/mol. The molecule has 2 aromatic rings. The van der Waals surface area contributed by atoms with Gasteiger partial charge >= 0.3 is 0 Å². The van der Waals surface area contributed by atoms with E-state index in [9.17, 15) is 17.9 Å². The molecule has 0 atom stereocenters. The number of phenols is 1. The van der Waals surface area contributed by atoms with Crippen LogP contribution in [0.25, 0.3) is 0 Å². The SMILES string of the molecule is O=S(=O)(Cc1cccc(O)c1)c1ccccc1F. The number of rotatable bonds is 3. The Bertz CT molecular complexity index is 665. The van der Waals surface area contributed by atoms with E-state index in [0.717, 1.165) is 6.07 Å². The Labute approximate surface area is 104 Å². The zero-order valence-electron chi connectivity index (χ0n) is 9.38. The van der Waals surface area contributed by atoms with Crippen LogP contribution in [0.2, 0.25) is 0 Å². The maximum atomic E-state index is 13.4. The van der Waals surface area contributed by atoms with Crippen molar-refractivity contribution < 1.29 is 17.9 Å². The summed E-state index contributed by atoms with van der Waals surface area (Å²) >= 11 is 0. The number of benzene rings is 2. The maximum Gasteiger partial charge on any atom is 0.185 e.